The van der Waals surface area contributed by atoms with Gasteiger partial charge in [-0.3, -0.25) is 0 Å². The number of aromatic nitrogens is 2. The minimum Gasteiger partial charge on any atom is -0.497 e. The number of benzene rings is 1. The highest BCUT2D eigenvalue weighted by Gasteiger charge is 2.08. The fourth-order valence-electron chi connectivity index (χ4n) is 1.91. The Bertz CT molecular complexity index is 560. The third kappa shape index (κ3) is 4.01. The van der Waals surface area contributed by atoms with E-state index in [1.54, 1.807) is 13.3 Å². The summed E-state index contributed by atoms with van der Waals surface area (Å²) in [6.45, 7) is 2.91. The maximum Gasteiger partial charge on any atom is 0.125 e. The van der Waals surface area contributed by atoms with Crippen molar-refractivity contribution in [1.82, 2.24) is 15.3 Å². The highest BCUT2D eigenvalue weighted by molar-refractivity contribution is 5.29. The Morgan fingerprint density at radius 1 is 1.35 bits per heavy atom. The Morgan fingerprint density at radius 3 is 2.95 bits per heavy atom. The summed E-state index contributed by atoms with van der Waals surface area (Å²) in [5.74, 6) is 1.49. The molecule has 0 saturated heterocycles. The van der Waals surface area contributed by atoms with Gasteiger partial charge in [-0.25, -0.2) is 9.97 Å². The van der Waals surface area contributed by atoms with Crippen molar-refractivity contribution in [3.8, 4) is 5.75 Å². The normalized spacial score (nSPS) is 12.2. The van der Waals surface area contributed by atoms with E-state index in [0.29, 0.717) is 13.1 Å². The van der Waals surface area contributed by atoms with Gasteiger partial charge in [-0.05, 0) is 30.7 Å². The van der Waals surface area contributed by atoms with Crippen LogP contribution in [0.2, 0.25) is 0 Å². The molecular formula is C15H19N3O2. The molecule has 1 unspecified atom stereocenters. The Balaban J connectivity index is 1.87. The molecule has 0 aliphatic rings. The van der Waals surface area contributed by atoms with E-state index in [4.69, 9.17) is 4.74 Å². The molecule has 0 saturated carbocycles. The highest BCUT2D eigenvalue weighted by atomic mass is 16.5. The van der Waals surface area contributed by atoms with Crippen molar-refractivity contribution in [1.29, 1.82) is 0 Å². The molecule has 0 aliphatic heterocycles. The number of nitrogens with zero attached hydrogens (tertiary/aromatic N) is 2. The molecule has 1 aromatic heterocycles. The third-order valence-electron chi connectivity index (χ3n) is 2.96. The fraction of sp³-hybridized carbons (Fsp3) is 0.333. The number of nitrogens with one attached hydrogen (secondary N) is 1. The Kier molecular flexibility index (Phi) is 5.03. The van der Waals surface area contributed by atoms with Crippen molar-refractivity contribution >= 4 is 0 Å². The van der Waals surface area contributed by atoms with E-state index < -0.39 is 6.10 Å². The van der Waals surface area contributed by atoms with E-state index >= 15 is 0 Å². The van der Waals surface area contributed by atoms with Crippen molar-refractivity contribution < 1.29 is 9.84 Å². The van der Waals surface area contributed by atoms with Crippen LogP contribution in [0.25, 0.3) is 0 Å². The smallest absolute Gasteiger partial charge is 0.125 e. The molecule has 0 spiro atoms. The van der Waals surface area contributed by atoms with Crippen LogP contribution in [-0.2, 0) is 6.54 Å². The van der Waals surface area contributed by atoms with Crippen LogP contribution in [0.15, 0.2) is 36.5 Å². The molecule has 0 radical (unpaired) electrons. The minimum atomic E-state index is -0.576. The molecule has 2 aromatic rings. The van der Waals surface area contributed by atoms with Gasteiger partial charge in [0.15, 0.2) is 0 Å². The van der Waals surface area contributed by atoms with Gasteiger partial charge >= 0.3 is 0 Å². The van der Waals surface area contributed by atoms with E-state index in [0.717, 1.165) is 22.8 Å². The molecule has 1 aromatic carbocycles. The van der Waals surface area contributed by atoms with Crippen molar-refractivity contribution in [2.24, 2.45) is 0 Å². The van der Waals surface area contributed by atoms with Crippen molar-refractivity contribution in [2.45, 2.75) is 19.6 Å². The van der Waals surface area contributed by atoms with Crippen molar-refractivity contribution in [2.75, 3.05) is 13.7 Å². The zero-order valence-corrected chi connectivity index (χ0v) is 11.7. The second-order valence-corrected chi connectivity index (χ2v) is 4.52. The van der Waals surface area contributed by atoms with Gasteiger partial charge in [0, 0.05) is 19.3 Å². The molecule has 5 nitrogen and oxygen atoms in total. The molecule has 106 valence electrons. The standard InChI is InChI=1S/C15H19N3O2/c1-11-17-7-6-13(18-11)9-16-10-15(19)12-4-3-5-14(8-12)20-2/h3-8,15-16,19H,9-10H2,1-2H3. The second kappa shape index (κ2) is 6.98. The van der Waals surface area contributed by atoms with Crippen LogP contribution >= 0.6 is 0 Å². The summed E-state index contributed by atoms with van der Waals surface area (Å²) >= 11 is 0. The summed E-state index contributed by atoms with van der Waals surface area (Å²) in [6.07, 6.45) is 1.16. The van der Waals surface area contributed by atoms with Gasteiger partial charge in [0.1, 0.15) is 11.6 Å². The fourth-order valence-corrected chi connectivity index (χ4v) is 1.91. The van der Waals surface area contributed by atoms with Crippen molar-refractivity contribution in [3.05, 3.63) is 53.6 Å². The first kappa shape index (κ1) is 14.4. The maximum absolute atomic E-state index is 10.1. The number of rotatable bonds is 6. The molecule has 0 fully saturated rings. The maximum atomic E-state index is 10.1. The second-order valence-electron chi connectivity index (χ2n) is 4.52. The first-order valence-electron chi connectivity index (χ1n) is 6.50. The monoisotopic (exact) mass is 273 g/mol. The first-order chi connectivity index (χ1) is 9.69. The lowest BCUT2D eigenvalue weighted by molar-refractivity contribution is 0.174. The molecule has 0 aliphatic carbocycles. The van der Waals surface area contributed by atoms with E-state index in [1.165, 1.54) is 0 Å². The molecular weight excluding hydrogens is 254 g/mol. The number of aliphatic hydroxyl groups excluding tert-OH is 1. The van der Waals surface area contributed by atoms with E-state index in [2.05, 4.69) is 15.3 Å². The lowest BCUT2D eigenvalue weighted by Crippen LogP contribution is -2.21. The Hall–Kier alpha value is -1.98. The average Bonchev–Trinajstić information content (AvgIpc) is 2.47. The summed E-state index contributed by atoms with van der Waals surface area (Å²) in [4.78, 5) is 8.34. The topological polar surface area (TPSA) is 67.3 Å². The van der Waals surface area contributed by atoms with Gasteiger partial charge in [0.2, 0.25) is 0 Å². The molecule has 2 rings (SSSR count). The van der Waals surface area contributed by atoms with E-state index in [-0.39, 0.29) is 0 Å². The van der Waals surface area contributed by atoms with Gasteiger partial charge in [-0.2, -0.15) is 0 Å². The van der Waals surface area contributed by atoms with Crippen LogP contribution in [0.5, 0.6) is 5.75 Å². The zero-order valence-electron chi connectivity index (χ0n) is 11.7. The lowest BCUT2D eigenvalue weighted by Gasteiger charge is -2.13. The van der Waals surface area contributed by atoms with Crippen LogP contribution in [0.3, 0.4) is 0 Å². The van der Waals surface area contributed by atoms with Gasteiger partial charge < -0.3 is 15.2 Å². The van der Waals surface area contributed by atoms with Gasteiger partial charge in [-0.1, -0.05) is 12.1 Å². The summed E-state index contributed by atoms with van der Waals surface area (Å²) in [5.41, 5.74) is 1.74. The quantitative estimate of drug-likeness (QED) is 0.837. The average molecular weight is 273 g/mol. The molecule has 0 amide bonds. The molecule has 1 heterocycles. The van der Waals surface area contributed by atoms with Crippen LogP contribution in [-0.4, -0.2) is 28.7 Å². The number of ether oxygens (including phenoxy) is 1. The third-order valence-corrected chi connectivity index (χ3v) is 2.96. The highest BCUT2D eigenvalue weighted by Crippen LogP contribution is 2.18. The van der Waals surface area contributed by atoms with Gasteiger partial charge in [0.05, 0.1) is 18.9 Å². The van der Waals surface area contributed by atoms with Crippen LogP contribution in [0, 0.1) is 6.92 Å². The first-order valence-corrected chi connectivity index (χ1v) is 6.50. The van der Waals surface area contributed by atoms with Gasteiger partial charge in [0.25, 0.3) is 0 Å². The van der Waals surface area contributed by atoms with Crippen LogP contribution in [0.4, 0.5) is 0 Å². The number of hydrogen-bond donors (Lipinski definition) is 2. The summed E-state index contributed by atoms with van der Waals surface area (Å²) in [7, 11) is 1.61. The molecule has 0 bridgehead atoms. The van der Waals surface area contributed by atoms with E-state index in [1.807, 2.05) is 37.3 Å². The number of methoxy groups -OCH3 is 1. The largest absolute Gasteiger partial charge is 0.497 e. The Morgan fingerprint density at radius 2 is 2.20 bits per heavy atom. The molecule has 1 atom stereocenters. The predicted molar refractivity (Wildman–Crippen MR) is 76.4 cm³/mol. The summed E-state index contributed by atoms with van der Waals surface area (Å²) in [6, 6.07) is 9.29. The van der Waals surface area contributed by atoms with E-state index in [9.17, 15) is 5.11 Å². The minimum absolute atomic E-state index is 0.455. The molecule has 20 heavy (non-hydrogen) atoms. The zero-order chi connectivity index (χ0) is 14.4. The summed E-state index contributed by atoms with van der Waals surface area (Å²) in [5, 5.41) is 13.3. The van der Waals surface area contributed by atoms with Crippen LogP contribution < -0.4 is 10.1 Å². The summed E-state index contributed by atoms with van der Waals surface area (Å²) < 4.78 is 5.14. The van der Waals surface area contributed by atoms with Gasteiger partial charge in [-0.15, -0.1) is 0 Å². The molecule has 5 heteroatoms. The van der Waals surface area contributed by atoms with Crippen LogP contribution in [0.1, 0.15) is 23.2 Å². The van der Waals surface area contributed by atoms with Crippen molar-refractivity contribution in [3.63, 3.8) is 0 Å². The molecule has 2 N–H and O–H groups in total. The SMILES string of the molecule is COc1cccc(C(O)CNCc2ccnc(C)n2)c1. The number of hydrogen-bond acceptors (Lipinski definition) is 5. The predicted octanol–water partition coefficient (Wildman–Crippen LogP) is 1.62. The Labute approximate surface area is 118 Å². The number of aryl methyl sites for hydroxylation is 1. The number of aliphatic hydroxyl groups is 1. The lowest BCUT2D eigenvalue weighted by atomic mass is 10.1.